The van der Waals surface area contributed by atoms with E-state index in [0.29, 0.717) is 15.0 Å². The third-order valence-electron chi connectivity index (χ3n) is 2.67. The van der Waals surface area contributed by atoms with Crippen LogP contribution >= 0.6 is 11.3 Å². The van der Waals surface area contributed by atoms with E-state index in [4.69, 9.17) is 5.73 Å². The molecule has 0 fully saturated rings. The third-order valence-corrected chi connectivity index (χ3v) is 4.97. The molecule has 2 aromatic rings. The molecule has 0 spiro atoms. The second-order valence-electron chi connectivity index (χ2n) is 4.05. The number of anilines is 1. The number of halogens is 1. The highest BCUT2D eigenvalue weighted by atomic mass is 32.2. The summed E-state index contributed by atoms with van der Waals surface area (Å²) in [6, 6.07) is 4.10. The highest BCUT2D eigenvalue weighted by Crippen LogP contribution is 2.32. The fourth-order valence-corrected chi connectivity index (χ4v) is 3.01. The molecule has 1 heterocycles. The Morgan fingerprint density at radius 1 is 1.37 bits per heavy atom. The Morgan fingerprint density at radius 3 is 2.53 bits per heavy atom. The summed E-state index contributed by atoms with van der Waals surface area (Å²) in [6.45, 7) is 0. The first kappa shape index (κ1) is 13.8. The summed E-state index contributed by atoms with van der Waals surface area (Å²) in [5.74, 6) is -1.27. The Bertz CT molecular complexity index is 768. The molecule has 2 rings (SSSR count). The molecule has 2 N–H and O–H groups in total. The van der Waals surface area contributed by atoms with Crippen molar-refractivity contribution in [1.82, 2.24) is 0 Å². The Morgan fingerprint density at radius 2 is 2.00 bits per heavy atom. The standard InChI is InChI=1S/C11H11FN2O3S2/c1-14(19(2,16)17)8-3-6-4-10(11(13)15)18-9(6)5-7(8)12/h3-5H,1-2H3,(H2,13,15). The average Bonchev–Trinajstić information content (AvgIpc) is 2.68. The summed E-state index contributed by atoms with van der Waals surface area (Å²) in [6.07, 6.45) is 0.985. The molecule has 0 unspecified atom stereocenters. The smallest absolute Gasteiger partial charge is 0.258 e. The molecule has 0 bridgehead atoms. The van der Waals surface area contributed by atoms with Gasteiger partial charge in [-0.2, -0.15) is 0 Å². The lowest BCUT2D eigenvalue weighted by Crippen LogP contribution is -2.25. The van der Waals surface area contributed by atoms with E-state index < -0.39 is 21.7 Å². The normalized spacial score (nSPS) is 11.7. The van der Waals surface area contributed by atoms with Gasteiger partial charge in [-0.25, -0.2) is 12.8 Å². The number of sulfonamides is 1. The molecular formula is C11H11FN2O3S2. The molecular weight excluding hydrogens is 291 g/mol. The van der Waals surface area contributed by atoms with Crippen molar-refractivity contribution in [2.75, 3.05) is 17.6 Å². The van der Waals surface area contributed by atoms with Crippen LogP contribution in [-0.4, -0.2) is 27.6 Å². The number of fused-ring (bicyclic) bond motifs is 1. The SMILES string of the molecule is CN(c1cc2cc(C(N)=O)sc2cc1F)S(C)(=O)=O. The Hall–Kier alpha value is -1.67. The molecule has 0 radical (unpaired) electrons. The van der Waals surface area contributed by atoms with Gasteiger partial charge >= 0.3 is 0 Å². The Balaban J connectivity index is 2.64. The number of nitrogens with zero attached hydrogens (tertiary/aromatic N) is 1. The summed E-state index contributed by atoms with van der Waals surface area (Å²) in [5.41, 5.74) is 5.09. The van der Waals surface area contributed by atoms with Crippen LogP contribution in [0.2, 0.25) is 0 Å². The van der Waals surface area contributed by atoms with Gasteiger partial charge < -0.3 is 5.73 Å². The minimum absolute atomic E-state index is 0.0659. The molecule has 1 amide bonds. The first-order chi connectivity index (χ1) is 8.70. The van der Waals surface area contributed by atoms with Gasteiger partial charge in [-0.3, -0.25) is 9.10 Å². The van der Waals surface area contributed by atoms with E-state index in [1.165, 1.54) is 25.2 Å². The summed E-state index contributed by atoms with van der Waals surface area (Å²) in [7, 11) is -2.29. The fourth-order valence-electron chi connectivity index (χ4n) is 1.59. The average molecular weight is 302 g/mol. The zero-order chi connectivity index (χ0) is 14.4. The predicted octanol–water partition coefficient (Wildman–Crippen LogP) is 1.54. The maximum atomic E-state index is 13.9. The number of amides is 1. The van der Waals surface area contributed by atoms with Crippen LogP contribution in [0.5, 0.6) is 0 Å². The fraction of sp³-hybridized carbons (Fsp3) is 0.182. The minimum Gasteiger partial charge on any atom is -0.365 e. The number of hydrogen-bond acceptors (Lipinski definition) is 4. The molecule has 0 aliphatic heterocycles. The first-order valence-electron chi connectivity index (χ1n) is 5.17. The zero-order valence-corrected chi connectivity index (χ0v) is 11.8. The van der Waals surface area contributed by atoms with E-state index >= 15 is 0 Å². The van der Waals surface area contributed by atoms with Crippen LogP contribution in [0, 0.1) is 5.82 Å². The highest BCUT2D eigenvalue weighted by Gasteiger charge is 2.18. The van der Waals surface area contributed by atoms with Gasteiger partial charge in [0.05, 0.1) is 16.8 Å². The van der Waals surface area contributed by atoms with Crippen LogP contribution in [0.4, 0.5) is 10.1 Å². The van der Waals surface area contributed by atoms with Gasteiger partial charge in [0.2, 0.25) is 10.0 Å². The van der Waals surface area contributed by atoms with Gasteiger partial charge in [0.1, 0.15) is 5.82 Å². The number of rotatable bonds is 3. The van der Waals surface area contributed by atoms with Crippen molar-refractivity contribution in [2.24, 2.45) is 5.73 Å². The highest BCUT2D eigenvalue weighted by molar-refractivity contribution is 7.92. The number of hydrogen-bond donors (Lipinski definition) is 1. The molecule has 19 heavy (non-hydrogen) atoms. The first-order valence-corrected chi connectivity index (χ1v) is 7.83. The van der Waals surface area contributed by atoms with E-state index in [-0.39, 0.29) is 5.69 Å². The number of nitrogens with two attached hydrogens (primary N) is 1. The summed E-state index contributed by atoms with van der Waals surface area (Å²) in [4.78, 5) is 11.4. The second-order valence-corrected chi connectivity index (χ2v) is 7.14. The molecule has 102 valence electrons. The molecule has 0 aliphatic carbocycles. The van der Waals surface area contributed by atoms with Crippen molar-refractivity contribution < 1.29 is 17.6 Å². The Labute approximate surface area is 113 Å². The summed E-state index contributed by atoms with van der Waals surface area (Å²) < 4.78 is 38.1. The predicted molar refractivity (Wildman–Crippen MR) is 73.5 cm³/mol. The van der Waals surface area contributed by atoms with E-state index in [9.17, 15) is 17.6 Å². The lowest BCUT2D eigenvalue weighted by atomic mass is 10.2. The van der Waals surface area contributed by atoms with Crippen molar-refractivity contribution in [2.45, 2.75) is 0 Å². The van der Waals surface area contributed by atoms with Crippen LogP contribution in [0.3, 0.4) is 0 Å². The summed E-state index contributed by atoms with van der Waals surface area (Å²) >= 11 is 1.06. The van der Waals surface area contributed by atoms with E-state index in [2.05, 4.69) is 0 Å². The van der Waals surface area contributed by atoms with Crippen LogP contribution in [0.25, 0.3) is 10.1 Å². The number of carbonyl (C=O) groups excluding carboxylic acids is 1. The van der Waals surface area contributed by atoms with E-state index in [1.54, 1.807) is 0 Å². The van der Waals surface area contributed by atoms with E-state index in [1.807, 2.05) is 0 Å². The third kappa shape index (κ3) is 2.54. The molecule has 1 aromatic heterocycles. The van der Waals surface area contributed by atoms with Crippen LogP contribution in [0.1, 0.15) is 9.67 Å². The van der Waals surface area contributed by atoms with Gasteiger partial charge in [0.15, 0.2) is 0 Å². The van der Waals surface area contributed by atoms with Gasteiger partial charge in [-0.1, -0.05) is 0 Å². The lowest BCUT2D eigenvalue weighted by Gasteiger charge is -2.17. The van der Waals surface area contributed by atoms with Crippen molar-refractivity contribution in [3.63, 3.8) is 0 Å². The molecule has 0 saturated carbocycles. The van der Waals surface area contributed by atoms with E-state index in [0.717, 1.165) is 21.9 Å². The van der Waals surface area contributed by atoms with Gasteiger partial charge in [-0.05, 0) is 23.6 Å². The maximum Gasteiger partial charge on any atom is 0.258 e. The largest absolute Gasteiger partial charge is 0.365 e. The van der Waals surface area contributed by atoms with Crippen LogP contribution in [0.15, 0.2) is 18.2 Å². The van der Waals surface area contributed by atoms with Crippen LogP contribution < -0.4 is 10.0 Å². The van der Waals surface area contributed by atoms with Gasteiger partial charge in [-0.15, -0.1) is 11.3 Å². The zero-order valence-electron chi connectivity index (χ0n) is 10.2. The minimum atomic E-state index is -3.55. The van der Waals surface area contributed by atoms with Crippen molar-refractivity contribution in [3.8, 4) is 0 Å². The summed E-state index contributed by atoms with van der Waals surface area (Å²) in [5, 5.41) is 0.575. The number of thiophene rings is 1. The Kier molecular flexibility index (Phi) is 3.23. The number of benzene rings is 1. The molecule has 0 saturated heterocycles. The van der Waals surface area contributed by atoms with Gasteiger partial charge in [0.25, 0.3) is 5.91 Å². The van der Waals surface area contributed by atoms with Crippen molar-refractivity contribution in [3.05, 3.63) is 28.9 Å². The van der Waals surface area contributed by atoms with Crippen LogP contribution in [-0.2, 0) is 10.0 Å². The second kappa shape index (κ2) is 4.46. The molecule has 0 aliphatic rings. The van der Waals surface area contributed by atoms with Gasteiger partial charge in [0, 0.05) is 11.7 Å². The quantitative estimate of drug-likeness (QED) is 0.933. The number of carbonyl (C=O) groups is 1. The molecule has 8 heteroatoms. The monoisotopic (exact) mass is 302 g/mol. The topological polar surface area (TPSA) is 80.5 Å². The number of primary amides is 1. The molecule has 5 nitrogen and oxygen atoms in total. The lowest BCUT2D eigenvalue weighted by molar-refractivity contribution is 0.100. The maximum absolute atomic E-state index is 13.9. The van der Waals surface area contributed by atoms with Crippen molar-refractivity contribution in [1.29, 1.82) is 0 Å². The molecule has 1 aromatic carbocycles. The molecule has 0 atom stereocenters. The van der Waals surface area contributed by atoms with Crippen molar-refractivity contribution >= 4 is 43.0 Å².